The molecule has 0 aliphatic carbocycles. The minimum absolute atomic E-state index is 0.463. The van der Waals surface area contributed by atoms with Crippen molar-refractivity contribution >= 4 is 18.1 Å². The minimum Gasteiger partial charge on any atom is -0.444 e. The van der Waals surface area contributed by atoms with Crippen LogP contribution in [0.15, 0.2) is 24.3 Å². The molecule has 0 fully saturated rings. The SMILES string of the molecule is CC(C)(C)OC(=O)Nc1ccccc1CCCC=O. The van der Waals surface area contributed by atoms with Crippen LogP contribution in [0.25, 0.3) is 0 Å². The summed E-state index contributed by atoms with van der Waals surface area (Å²) in [4.78, 5) is 22.0. The van der Waals surface area contributed by atoms with E-state index < -0.39 is 11.7 Å². The van der Waals surface area contributed by atoms with E-state index in [1.165, 1.54) is 0 Å². The number of carbonyl (C=O) groups is 2. The number of aryl methyl sites for hydroxylation is 1. The number of carbonyl (C=O) groups excluding carboxylic acids is 2. The maximum Gasteiger partial charge on any atom is 0.412 e. The Hall–Kier alpha value is -1.84. The van der Waals surface area contributed by atoms with Crippen LogP contribution in [0.2, 0.25) is 0 Å². The Morgan fingerprint density at radius 2 is 2.00 bits per heavy atom. The Labute approximate surface area is 114 Å². The summed E-state index contributed by atoms with van der Waals surface area (Å²) in [6.07, 6.45) is 2.50. The van der Waals surface area contributed by atoms with Gasteiger partial charge in [-0.25, -0.2) is 4.79 Å². The molecular weight excluding hydrogens is 242 g/mol. The molecule has 1 aromatic carbocycles. The molecule has 0 unspecified atom stereocenters. The summed E-state index contributed by atoms with van der Waals surface area (Å²) < 4.78 is 5.22. The van der Waals surface area contributed by atoms with E-state index >= 15 is 0 Å². The fourth-order valence-corrected chi connectivity index (χ4v) is 1.65. The molecule has 4 nitrogen and oxygen atoms in total. The average Bonchev–Trinajstić information content (AvgIpc) is 2.29. The molecule has 1 amide bonds. The molecule has 0 heterocycles. The largest absolute Gasteiger partial charge is 0.444 e. The van der Waals surface area contributed by atoms with Gasteiger partial charge >= 0.3 is 6.09 Å². The molecule has 0 saturated carbocycles. The number of aldehydes is 1. The number of benzene rings is 1. The normalized spacial score (nSPS) is 10.9. The lowest BCUT2D eigenvalue weighted by molar-refractivity contribution is -0.107. The van der Waals surface area contributed by atoms with Crippen LogP contribution < -0.4 is 5.32 Å². The van der Waals surface area contributed by atoms with Gasteiger partial charge in [-0.1, -0.05) is 18.2 Å². The third-order valence-electron chi connectivity index (χ3n) is 2.42. The Bertz CT molecular complexity index is 435. The van der Waals surface area contributed by atoms with Gasteiger partial charge in [0.1, 0.15) is 11.9 Å². The maximum atomic E-state index is 11.7. The third-order valence-corrected chi connectivity index (χ3v) is 2.42. The molecule has 19 heavy (non-hydrogen) atoms. The second-order valence-corrected chi connectivity index (χ2v) is 5.34. The third kappa shape index (κ3) is 6.04. The van der Waals surface area contributed by atoms with Gasteiger partial charge in [0.15, 0.2) is 0 Å². The van der Waals surface area contributed by atoms with E-state index in [2.05, 4.69) is 5.32 Å². The highest BCUT2D eigenvalue weighted by molar-refractivity contribution is 5.85. The number of amides is 1. The van der Waals surface area contributed by atoms with E-state index in [0.717, 1.165) is 30.4 Å². The maximum absolute atomic E-state index is 11.7. The van der Waals surface area contributed by atoms with Crippen molar-refractivity contribution in [3.63, 3.8) is 0 Å². The van der Waals surface area contributed by atoms with Gasteiger partial charge in [0.05, 0.1) is 0 Å². The van der Waals surface area contributed by atoms with Crippen molar-refractivity contribution in [2.45, 2.75) is 45.6 Å². The Morgan fingerprint density at radius 3 is 2.63 bits per heavy atom. The number of unbranched alkanes of at least 4 members (excludes halogenated alkanes) is 1. The molecule has 0 saturated heterocycles. The van der Waals surface area contributed by atoms with Crippen LogP contribution in [-0.2, 0) is 16.0 Å². The van der Waals surface area contributed by atoms with Crippen molar-refractivity contribution in [2.75, 3.05) is 5.32 Å². The first-order valence-corrected chi connectivity index (χ1v) is 6.44. The van der Waals surface area contributed by atoms with Crippen molar-refractivity contribution in [1.82, 2.24) is 0 Å². The van der Waals surface area contributed by atoms with Crippen molar-refractivity contribution in [1.29, 1.82) is 0 Å². The van der Waals surface area contributed by atoms with Gasteiger partial charge in [-0.2, -0.15) is 0 Å². The molecule has 0 spiro atoms. The zero-order valence-corrected chi connectivity index (χ0v) is 11.7. The van der Waals surface area contributed by atoms with E-state index in [0.29, 0.717) is 6.42 Å². The average molecular weight is 263 g/mol. The fourth-order valence-electron chi connectivity index (χ4n) is 1.65. The molecule has 4 heteroatoms. The van der Waals surface area contributed by atoms with Crippen LogP contribution >= 0.6 is 0 Å². The number of rotatable bonds is 5. The van der Waals surface area contributed by atoms with Crippen molar-refractivity contribution in [3.05, 3.63) is 29.8 Å². The predicted octanol–water partition coefficient (Wildman–Crippen LogP) is 3.56. The summed E-state index contributed by atoms with van der Waals surface area (Å²) >= 11 is 0. The van der Waals surface area contributed by atoms with Gasteiger partial charge in [0.2, 0.25) is 0 Å². The number of hydrogen-bond acceptors (Lipinski definition) is 3. The van der Waals surface area contributed by atoms with E-state index in [1.54, 1.807) is 0 Å². The molecule has 0 aliphatic heterocycles. The highest BCUT2D eigenvalue weighted by Crippen LogP contribution is 2.18. The van der Waals surface area contributed by atoms with Crippen LogP contribution in [0.1, 0.15) is 39.2 Å². The number of hydrogen-bond donors (Lipinski definition) is 1. The lowest BCUT2D eigenvalue weighted by Crippen LogP contribution is -2.27. The molecule has 0 bridgehead atoms. The van der Waals surface area contributed by atoms with Gasteiger partial charge in [-0.3, -0.25) is 5.32 Å². The standard InChI is InChI=1S/C15H21NO3/c1-15(2,3)19-14(18)16-13-10-5-4-8-12(13)9-6-7-11-17/h4-5,8,10-11H,6-7,9H2,1-3H3,(H,16,18). The van der Waals surface area contributed by atoms with Gasteiger partial charge in [0.25, 0.3) is 0 Å². The molecule has 0 atom stereocenters. The molecule has 0 aromatic heterocycles. The van der Waals surface area contributed by atoms with E-state index in [4.69, 9.17) is 4.74 Å². The Kier molecular flexibility index (Phi) is 5.55. The summed E-state index contributed by atoms with van der Waals surface area (Å²) in [6, 6.07) is 7.55. The smallest absolute Gasteiger partial charge is 0.412 e. The molecular formula is C15H21NO3. The monoisotopic (exact) mass is 263 g/mol. The van der Waals surface area contributed by atoms with Gasteiger partial charge in [-0.05, 0) is 45.2 Å². The number of ether oxygens (including phenoxy) is 1. The molecule has 1 N–H and O–H groups in total. The van der Waals surface area contributed by atoms with Gasteiger partial charge in [0, 0.05) is 12.1 Å². The first-order valence-electron chi connectivity index (χ1n) is 6.44. The van der Waals surface area contributed by atoms with Crippen molar-refractivity contribution < 1.29 is 14.3 Å². The lowest BCUT2D eigenvalue weighted by atomic mass is 10.1. The highest BCUT2D eigenvalue weighted by atomic mass is 16.6. The van der Waals surface area contributed by atoms with E-state index in [1.807, 2.05) is 45.0 Å². The van der Waals surface area contributed by atoms with Gasteiger partial charge < -0.3 is 9.53 Å². The molecule has 1 rings (SSSR count). The van der Waals surface area contributed by atoms with Crippen molar-refractivity contribution in [2.24, 2.45) is 0 Å². The molecule has 0 radical (unpaired) electrons. The Morgan fingerprint density at radius 1 is 1.32 bits per heavy atom. The van der Waals surface area contributed by atoms with Crippen molar-refractivity contribution in [3.8, 4) is 0 Å². The second-order valence-electron chi connectivity index (χ2n) is 5.34. The number of anilines is 1. The quantitative estimate of drug-likeness (QED) is 0.653. The second kappa shape index (κ2) is 6.92. The summed E-state index contributed by atoms with van der Waals surface area (Å²) in [7, 11) is 0. The Balaban J connectivity index is 2.66. The molecule has 0 aliphatic rings. The zero-order chi connectivity index (χ0) is 14.3. The summed E-state index contributed by atoms with van der Waals surface area (Å²) in [6.45, 7) is 5.47. The van der Waals surface area contributed by atoms with Crippen LogP contribution in [0.4, 0.5) is 10.5 Å². The fraction of sp³-hybridized carbons (Fsp3) is 0.467. The lowest BCUT2D eigenvalue weighted by Gasteiger charge is -2.20. The van der Waals surface area contributed by atoms with Crippen LogP contribution in [-0.4, -0.2) is 18.0 Å². The summed E-state index contributed by atoms with van der Waals surface area (Å²) in [5.74, 6) is 0. The molecule has 104 valence electrons. The predicted molar refractivity (Wildman–Crippen MR) is 75.3 cm³/mol. The first kappa shape index (κ1) is 15.2. The number of para-hydroxylation sites is 1. The summed E-state index contributed by atoms with van der Waals surface area (Å²) in [5, 5.41) is 2.74. The van der Waals surface area contributed by atoms with E-state index in [-0.39, 0.29) is 0 Å². The minimum atomic E-state index is -0.517. The van der Waals surface area contributed by atoms with Crippen LogP contribution in [0.5, 0.6) is 0 Å². The molecule has 1 aromatic rings. The van der Waals surface area contributed by atoms with Crippen LogP contribution in [0, 0.1) is 0 Å². The van der Waals surface area contributed by atoms with E-state index in [9.17, 15) is 9.59 Å². The first-order chi connectivity index (χ1) is 8.92. The highest BCUT2D eigenvalue weighted by Gasteiger charge is 2.16. The zero-order valence-electron chi connectivity index (χ0n) is 11.7. The van der Waals surface area contributed by atoms with Crippen LogP contribution in [0.3, 0.4) is 0 Å². The topological polar surface area (TPSA) is 55.4 Å². The van der Waals surface area contributed by atoms with Gasteiger partial charge in [-0.15, -0.1) is 0 Å². The number of nitrogens with one attached hydrogen (secondary N) is 1. The summed E-state index contributed by atoms with van der Waals surface area (Å²) in [5.41, 5.74) is 1.23.